The second-order valence-corrected chi connectivity index (χ2v) is 5.23. The lowest BCUT2D eigenvalue weighted by Crippen LogP contribution is -2.03. The van der Waals surface area contributed by atoms with Crippen LogP contribution in [0.1, 0.15) is 55.9 Å². The number of rotatable bonds is 3. The van der Waals surface area contributed by atoms with Crippen molar-refractivity contribution < 1.29 is 0 Å². The van der Waals surface area contributed by atoms with E-state index in [0.717, 1.165) is 17.5 Å². The summed E-state index contributed by atoms with van der Waals surface area (Å²) in [5.74, 6) is 1.14. The minimum atomic E-state index is 0.487. The molecule has 1 aromatic carbocycles. The van der Waals surface area contributed by atoms with Gasteiger partial charge in [0, 0.05) is 0 Å². The number of nitriles is 1. The van der Waals surface area contributed by atoms with Crippen LogP contribution in [0.15, 0.2) is 12.1 Å². The van der Waals surface area contributed by atoms with Crippen LogP contribution in [0, 0.1) is 24.2 Å². The van der Waals surface area contributed by atoms with E-state index in [-0.39, 0.29) is 0 Å². The van der Waals surface area contributed by atoms with E-state index in [1.807, 2.05) is 6.92 Å². The van der Waals surface area contributed by atoms with Gasteiger partial charge in [-0.05, 0) is 47.9 Å². The molecule has 0 bridgehead atoms. The lowest BCUT2D eigenvalue weighted by molar-refractivity contribution is 0.638. The molecule has 0 aliphatic carbocycles. The van der Waals surface area contributed by atoms with Crippen LogP contribution in [0.3, 0.4) is 0 Å². The summed E-state index contributed by atoms with van der Waals surface area (Å²) in [6.07, 6.45) is 1.10. The Balaban J connectivity index is 3.26. The quantitative estimate of drug-likeness (QED) is 0.741. The fourth-order valence-corrected chi connectivity index (χ4v) is 2.06. The van der Waals surface area contributed by atoms with Gasteiger partial charge >= 0.3 is 0 Å². The van der Waals surface area contributed by atoms with Gasteiger partial charge in [-0.25, -0.2) is 0 Å². The summed E-state index contributed by atoms with van der Waals surface area (Å²) in [7, 11) is 0. The van der Waals surface area contributed by atoms with Crippen molar-refractivity contribution >= 4 is 0 Å². The van der Waals surface area contributed by atoms with Gasteiger partial charge in [-0.3, -0.25) is 0 Å². The first-order chi connectivity index (χ1) is 7.45. The Kier molecular flexibility index (Phi) is 4.12. The van der Waals surface area contributed by atoms with Crippen molar-refractivity contribution in [2.75, 3.05) is 0 Å². The molecule has 0 aliphatic rings. The van der Waals surface area contributed by atoms with Crippen LogP contribution in [0.4, 0.5) is 0 Å². The third-order valence-electron chi connectivity index (χ3n) is 2.86. The highest BCUT2D eigenvalue weighted by Crippen LogP contribution is 2.25. The van der Waals surface area contributed by atoms with E-state index in [0.29, 0.717) is 11.8 Å². The number of aryl methyl sites for hydroxylation is 1. The molecule has 0 heterocycles. The van der Waals surface area contributed by atoms with Gasteiger partial charge in [0.25, 0.3) is 0 Å². The summed E-state index contributed by atoms with van der Waals surface area (Å²) in [5, 5.41) is 9.05. The van der Waals surface area contributed by atoms with Crippen LogP contribution in [-0.4, -0.2) is 0 Å². The Morgan fingerprint density at radius 2 is 1.81 bits per heavy atom. The fraction of sp³-hybridized carbons (Fsp3) is 0.533. The van der Waals surface area contributed by atoms with Crippen molar-refractivity contribution in [3.8, 4) is 6.07 Å². The van der Waals surface area contributed by atoms with Crippen molar-refractivity contribution in [2.24, 2.45) is 5.92 Å². The van der Waals surface area contributed by atoms with E-state index in [9.17, 15) is 0 Å². The van der Waals surface area contributed by atoms with E-state index >= 15 is 0 Å². The first-order valence-corrected chi connectivity index (χ1v) is 5.99. The van der Waals surface area contributed by atoms with Gasteiger partial charge in [-0.2, -0.15) is 5.26 Å². The standard InChI is InChI=1S/C15H21N/c1-10(2)6-13-7-12(5)14(9-16)8-15(13)11(3)4/h7-8,10-11H,6H2,1-5H3. The molecular formula is C15H21N. The van der Waals surface area contributed by atoms with Crippen LogP contribution in [-0.2, 0) is 6.42 Å². The van der Waals surface area contributed by atoms with Crippen LogP contribution in [0.5, 0.6) is 0 Å². The van der Waals surface area contributed by atoms with Gasteiger partial charge in [0.2, 0.25) is 0 Å². The average molecular weight is 215 g/mol. The zero-order valence-electron chi connectivity index (χ0n) is 11.0. The number of benzene rings is 1. The van der Waals surface area contributed by atoms with Crippen molar-refractivity contribution in [1.82, 2.24) is 0 Å². The first kappa shape index (κ1) is 12.8. The highest BCUT2D eigenvalue weighted by molar-refractivity contribution is 5.45. The zero-order valence-corrected chi connectivity index (χ0v) is 11.0. The fourth-order valence-electron chi connectivity index (χ4n) is 2.06. The van der Waals surface area contributed by atoms with Crippen LogP contribution in [0.25, 0.3) is 0 Å². The summed E-state index contributed by atoms with van der Waals surface area (Å²) in [5.41, 5.74) is 4.65. The van der Waals surface area contributed by atoms with E-state index < -0.39 is 0 Å². The minimum Gasteiger partial charge on any atom is -0.192 e. The second-order valence-electron chi connectivity index (χ2n) is 5.23. The third kappa shape index (κ3) is 2.85. The molecule has 1 aromatic rings. The van der Waals surface area contributed by atoms with Gasteiger partial charge in [0.1, 0.15) is 0 Å². The van der Waals surface area contributed by atoms with E-state index in [1.54, 1.807) is 0 Å². The molecule has 0 saturated heterocycles. The molecule has 0 spiro atoms. The molecule has 1 heteroatoms. The molecule has 1 rings (SSSR count). The van der Waals surface area contributed by atoms with Crippen molar-refractivity contribution in [3.63, 3.8) is 0 Å². The Bertz CT molecular complexity index is 408. The van der Waals surface area contributed by atoms with Crippen molar-refractivity contribution in [2.45, 2.75) is 47.0 Å². The minimum absolute atomic E-state index is 0.487. The smallest absolute Gasteiger partial charge is 0.0994 e. The monoisotopic (exact) mass is 215 g/mol. The van der Waals surface area contributed by atoms with E-state index in [1.165, 1.54) is 11.1 Å². The summed E-state index contributed by atoms with van der Waals surface area (Å²) in [4.78, 5) is 0. The Labute approximate surface area is 99.1 Å². The largest absolute Gasteiger partial charge is 0.192 e. The number of nitrogens with zero attached hydrogens (tertiary/aromatic N) is 1. The van der Waals surface area contributed by atoms with Crippen molar-refractivity contribution in [1.29, 1.82) is 5.26 Å². The molecule has 86 valence electrons. The van der Waals surface area contributed by atoms with Crippen LogP contribution >= 0.6 is 0 Å². The summed E-state index contributed by atoms with van der Waals surface area (Å²) >= 11 is 0. The summed E-state index contributed by atoms with van der Waals surface area (Å²) < 4.78 is 0. The SMILES string of the molecule is Cc1cc(CC(C)C)c(C(C)C)cc1C#N. The first-order valence-electron chi connectivity index (χ1n) is 5.99. The third-order valence-corrected chi connectivity index (χ3v) is 2.86. The molecule has 0 amide bonds. The van der Waals surface area contributed by atoms with Gasteiger partial charge in [-0.1, -0.05) is 33.8 Å². The summed E-state index contributed by atoms with van der Waals surface area (Å²) in [6.45, 7) is 10.9. The van der Waals surface area contributed by atoms with E-state index in [4.69, 9.17) is 5.26 Å². The maximum Gasteiger partial charge on any atom is 0.0994 e. The maximum atomic E-state index is 9.05. The Morgan fingerprint density at radius 1 is 1.19 bits per heavy atom. The highest BCUT2D eigenvalue weighted by atomic mass is 14.3. The van der Waals surface area contributed by atoms with Crippen LogP contribution < -0.4 is 0 Å². The van der Waals surface area contributed by atoms with E-state index in [2.05, 4.69) is 45.9 Å². The Hall–Kier alpha value is -1.29. The zero-order chi connectivity index (χ0) is 12.3. The van der Waals surface area contributed by atoms with Gasteiger partial charge < -0.3 is 0 Å². The lowest BCUT2D eigenvalue weighted by Gasteiger charge is -2.16. The molecule has 0 atom stereocenters. The normalized spacial score (nSPS) is 10.9. The van der Waals surface area contributed by atoms with Gasteiger partial charge in [-0.15, -0.1) is 0 Å². The molecule has 16 heavy (non-hydrogen) atoms. The number of hydrogen-bond acceptors (Lipinski definition) is 1. The molecule has 0 aromatic heterocycles. The predicted octanol–water partition coefficient (Wildman–Crippen LogP) is 4.19. The molecule has 0 saturated carbocycles. The second kappa shape index (κ2) is 5.16. The molecule has 0 unspecified atom stereocenters. The maximum absolute atomic E-state index is 9.05. The van der Waals surface area contributed by atoms with Crippen LogP contribution in [0.2, 0.25) is 0 Å². The molecule has 0 aliphatic heterocycles. The lowest BCUT2D eigenvalue weighted by atomic mass is 9.88. The van der Waals surface area contributed by atoms with Crippen molar-refractivity contribution in [3.05, 3.63) is 34.4 Å². The van der Waals surface area contributed by atoms with Gasteiger partial charge in [0.05, 0.1) is 11.6 Å². The molecular weight excluding hydrogens is 194 g/mol. The molecule has 0 N–H and O–H groups in total. The summed E-state index contributed by atoms with van der Waals surface area (Å²) in [6, 6.07) is 6.53. The number of hydrogen-bond donors (Lipinski definition) is 0. The predicted molar refractivity (Wildman–Crippen MR) is 68.5 cm³/mol. The average Bonchev–Trinajstić information content (AvgIpc) is 2.16. The Morgan fingerprint density at radius 3 is 2.25 bits per heavy atom. The topological polar surface area (TPSA) is 23.8 Å². The highest BCUT2D eigenvalue weighted by Gasteiger charge is 2.11. The molecule has 0 fully saturated rings. The van der Waals surface area contributed by atoms with Gasteiger partial charge in [0.15, 0.2) is 0 Å². The molecule has 0 radical (unpaired) electrons. The molecule has 1 nitrogen and oxygen atoms in total.